The van der Waals surface area contributed by atoms with Gasteiger partial charge in [0.25, 0.3) is 5.91 Å². The first-order chi connectivity index (χ1) is 10.6. The second-order valence-corrected chi connectivity index (χ2v) is 5.99. The van der Waals surface area contributed by atoms with E-state index in [9.17, 15) is 9.59 Å². The van der Waals surface area contributed by atoms with E-state index in [1.807, 2.05) is 31.2 Å². The lowest BCUT2D eigenvalue weighted by Gasteiger charge is -2.24. The molecule has 1 atom stereocenters. The van der Waals surface area contributed by atoms with Crippen LogP contribution in [0, 0.1) is 5.92 Å². The average molecular weight is 316 g/mol. The number of carbonyl (C=O) groups is 2. The molecule has 1 aliphatic rings. The number of amides is 2. The van der Waals surface area contributed by atoms with Gasteiger partial charge in [-0.15, -0.1) is 0 Å². The molecule has 2 amide bonds. The first-order valence-electron chi connectivity index (χ1n) is 7.04. The number of aromatic nitrogens is 2. The van der Waals surface area contributed by atoms with Crippen molar-refractivity contribution in [2.45, 2.75) is 13.8 Å². The molecule has 0 fully saturated rings. The highest BCUT2D eigenvalue weighted by Gasteiger charge is 2.30. The van der Waals surface area contributed by atoms with E-state index in [-0.39, 0.29) is 17.7 Å². The molecular formula is C15H16N4O2S. The Morgan fingerprint density at radius 1 is 1.18 bits per heavy atom. The summed E-state index contributed by atoms with van der Waals surface area (Å²) in [7, 11) is 0. The maximum Gasteiger partial charge on any atom is 0.279 e. The normalized spacial score (nSPS) is 17.8. The number of anilines is 2. The summed E-state index contributed by atoms with van der Waals surface area (Å²) in [6.45, 7) is 4.70. The molecule has 1 aromatic heterocycles. The van der Waals surface area contributed by atoms with E-state index in [0.29, 0.717) is 18.8 Å². The monoisotopic (exact) mass is 316 g/mol. The van der Waals surface area contributed by atoms with E-state index in [2.05, 4.69) is 8.75 Å². The summed E-state index contributed by atoms with van der Waals surface area (Å²) in [5.74, 6) is -0.0470. The minimum Gasteiger partial charge on any atom is -0.310 e. The van der Waals surface area contributed by atoms with Crippen LogP contribution in [-0.2, 0) is 4.79 Å². The van der Waals surface area contributed by atoms with Crippen LogP contribution in [0.2, 0.25) is 0 Å². The van der Waals surface area contributed by atoms with Gasteiger partial charge in [0, 0.05) is 20.0 Å². The van der Waals surface area contributed by atoms with Crippen molar-refractivity contribution >= 4 is 34.9 Å². The predicted octanol–water partition coefficient (Wildman–Crippen LogP) is 2.19. The quantitative estimate of drug-likeness (QED) is 0.809. The van der Waals surface area contributed by atoms with Gasteiger partial charge >= 0.3 is 0 Å². The van der Waals surface area contributed by atoms with E-state index < -0.39 is 0 Å². The third-order valence-electron chi connectivity index (χ3n) is 3.66. The Morgan fingerprint density at radius 3 is 2.41 bits per heavy atom. The van der Waals surface area contributed by atoms with Crippen molar-refractivity contribution in [3.05, 3.63) is 36.2 Å². The largest absolute Gasteiger partial charge is 0.310 e. The molecule has 114 valence electrons. The van der Waals surface area contributed by atoms with Gasteiger partial charge in [-0.3, -0.25) is 9.59 Å². The van der Waals surface area contributed by atoms with Crippen molar-refractivity contribution < 1.29 is 9.59 Å². The fourth-order valence-corrected chi connectivity index (χ4v) is 3.09. The van der Waals surface area contributed by atoms with E-state index >= 15 is 0 Å². The number of para-hydroxylation sites is 2. The second kappa shape index (κ2) is 5.84. The Bertz CT molecular complexity index is 701. The van der Waals surface area contributed by atoms with Crippen LogP contribution in [0.1, 0.15) is 24.3 Å². The summed E-state index contributed by atoms with van der Waals surface area (Å²) in [5, 5.41) is 0. The highest BCUT2D eigenvalue weighted by molar-refractivity contribution is 6.99. The van der Waals surface area contributed by atoms with Crippen molar-refractivity contribution in [1.29, 1.82) is 0 Å². The Balaban J connectivity index is 2.08. The zero-order chi connectivity index (χ0) is 15.7. The zero-order valence-corrected chi connectivity index (χ0v) is 13.2. The van der Waals surface area contributed by atoms with Crippen LogP contribution < -0.4 is 9.80 Å². The summed E-state index contributed by atoms with van der Waals surface area (Å²) in [4.78, 5) is 28.1. The Hall–Kier alpha value is -2.28. The molecule has 0 aliphatic carbocycles. The number of rotatable bonds is 1. The van der Waals surface area contributed by atoms with E-state index in [0.717, 1.165) is 23.1 Å². The molecular weight excluding hydrogens is 300 g/mol. The number of fused-ring (bicyclic) bond motifs is 1. The summed E-state index contributed by atoms with van der Waals surface area (Å²) in [6, 6.07) is 7.47. The van der Waals surface area contributed by atoms with E-state index in [1.54, 1.807) is 16.7 Å². The zero-order valence-electron chi connectivity index (χ0n) is 12.4. The predicted molar refractivity (Wildman–Crippen MR) is 85.2 cm³/mol. The molecule has 6 nitrogen and oxygen atoms in total. The summed E-state index contributed by atoms with van der Waals surface area (Å²) >= 11 is 1.01. The first kappa shape index (κ1) is 14.6. The Labute approximate surface area is 132 Å². The molecule has 0 bridgehead atoms. The third kappa shape index (κ3) is 2.59. The van der Waals surface area contributed by atoms with Crippen LogP contribution in [0.4, 0.5) is 11.4 Å². The third-order valence-corrected chi connectivity index (χ3v) is 4.14. The van der Waals surface area contributed by atoms with Gasteiger partial charge in [0.1, 0.15) is 0 Å². The van der Waals surface area contributed by atoms with Crippen molar-refractivity contribution in [1.82, 2.24) is 8.75 Å². The van der Waals surface area contributed by atoms with Gasteiger partial charge in [0.15, 0.2) is 5.69 Å². The van der Waals surface area contributed by atoms with Crippen molar-refractivity contribution in [3.8, 4) is 0 Å². The van der Waals surface area contributed by atoms with E-state index in [1.165, 1.54) is 6.20 Å². The molecule has 1 aromatic carbocycles. The number of hydrogen-bond donors (Lipinski definition) is 0. The minimum absolute atomic E-state index is 0.0241. The fraction of sp³-hybridized carbons (Fsp3) is 0.333. The minimum atomic E-state index is -0.182. The molecule has 1 unspecified atom stereocenters. The number of benzene rings is 1. The SMILES string of the molecule is CC(=O)N1CC(C)CN(C(=O)c2cnsn2)c2ccccc21. The number of nitrogens with zero attached hydrogens (tertiary/aromatic N) is 4. The van der Waals surface area contributed by atoms with E-state index in [4.69, 9.17) is 0 Å². The number of carbonyl (C=O) groups excluding carboxylic acids is 2. The van der Waals surface area contributed by atoms with Gasteiger partial charge in [-0.2, -0.15) is 8.75 Å². The molecule has 0 radical (unpaired) electrons. The lowest BCUT2D eigenvalue weighted by molar-refractivity contribution is -0.116. The lowest BCUT2D eigenvalue weighted by atomic mass is 10.1. The molecule has 0 spiro atoms. The standard InChI is InChI=1S/C15H16N4O2S/c1-10-8-18(11(2)20)13-5-3-4-6-14(13)19(9-10)15(21)12-7-16-22-17-12/h3-7,10H,8-9H2,1-2H3. The van der Waals surface area contributed by atoms with Gasteiger partial charge in [0.2, 0.25) is 5.91 Å². The van der Waals surface area contributed by atoms with Gasteiger partial charge in [0.05, 0.1) is 29.3 Å². The molecule has 0 N–H and O–H groups in total. The number of hydrogen-bond acceptors (Lipinski definition) is 5. The smallest absolute Gasteiger partial charge is 0.279 e. The molecule has 3 rings (SSSR count). The molecule has 2 aromatic rings. The Kier molecular flexibility index (Phi) is 3.89. The van der Waals surface area contributed by atoms with Gasteiger partial charge in [-0.05, 0) is 18.1 Å². The van der Waals surface area contributed by atoms with Gasteiger partial charge in [-0.25, -0.2) is 0 Å². The highest BCUT2D eigenvalue weighted by atomic mass is 32.1. The van der Waals surface area contributed by atoms with Gasteiger partial charge in [-0.1, -0.05) is 19.1 Å². The molecule has 7 heteroatoms. The van der Waals surface area contributed by atoms with Crippen molar-refractivity contribution in [2.75, 3.05) is 22.9 Å². The topological polar surface area (TPSA) is 66.4 Å². The lowest BCUT2D eigenvalue weighted by Crippen LogP contribution is -2.36. The van der Waals surface area contributed by atoms with Crippen LogP contribution in [0.15, 0.2) is 30.5 Å². The molecule has 22 heavy (non-hydrogen) atoms. The summed E-state index contributed by atoms with van der Waals surface area (Å²) in [5.41, 5.74) is 1.83. The highest BCUT2D eigenvalue weighted by Crippen LogP contribution is 2.34. The maximum atomic E-state index is 12.7. The first-order valence-corrected chi connectivity index (χ1v) is 7.77. The molecule has 2 heterocycles. The molecule has 0 saturated carbocycles. The fourth-order valence-electron chi connectivity index (χ4n) is 2.69. The van der Waals surface area contributed by atoms with Crippen LogP contribution in [-0.4, -0.2) is 33.7 Å². The summed E-state index contributed by atoms with van der Waals surface area (Å²) < 4.78 is 7.93. The average Bonchev–Trinajstić information content (AvgIpc) is 2.99. The maximum absolute atomic E-state index is 12.7. The van der Waals surface area contributed by atoms with Gasteiger partial charge < -0.3 is 9.80 Å². The molecule has 0 saturated heterocycles. The molecule has 1 aliphatic heterocycles. The van der Waals surface area contributed by atoms with Crippen LogP contribution in [0.3, 0.4) is 0 Å². The van der Waals surface area contributed by atoms with Crippen LogP contribution in [0.25, 0.3) is 0 Å². The van der Waals surface area contributed by atoms with Crippen molar-refractivity contribution in [2.24, 2.45) is 5.92 Å². The second-order valence-electron chi connectivity index (χ2n) is 5.43. The Morgan fingerprint density at radius 2 is 1.82 bits per heavy atom. The van der Waals surface area contributed by atoms with Crippen LogP contribution in [0.5, 0.6) is 0 Å². The summed E-state index contributed by atoms with van der Waals surface area (Å²) in [6.07, 6.45) is 1.48. The van der Waals surface area contributed by atoms with Crippen LogP contribution >= 0.6 is 11.7 Å². The van der Waals surface area contributed by atoms with Crippen molar-refractivity contribution in [3.63, 3.8) is 0 Å².